The number of hydrogen-bond acceptors (Lipinski definition) is 2. The molecule has 0 saturated carbocycles. The van der Waals surface area contributed by atoms with Gasteiger partial charge in [0.15, 0.2) is 0 Å². The average molecular weight is 426 g/mol. The Hall–Kier alpha value is -4.24. The van der Waals surface area contributed by atoms with E-state index in [1.807, 2.05) is 52.3 Å². The van der Waals surface area contributed by atoms with Gasteiger partial charge in [-0.1, -0.05) is 78.9 Å². The van der Waals surface area contributed by atoms with Crippen molar-refractivity contribution >= 4 is 57.2 Å². The third-order valence-electron chi connectivity index (χ3n) is 6.34. The van der Waals surface area contributed by atoms with Crippen molar-refractivity contribution in [1.29, 1.82) is 0 Å². The van der Waals surface area contributed by atoms with Gasteiger partial charge in [-0.2, -0.15) is 0 Å². The topological polar surface area (TPSA) is 6.48 Å². The molecule has 2 nitrogen and oxygen atoms in total. The number of anilines is 6. The van der Waals surface area contributed by atoms with Crippen molar-refractivity contribution in [3.8, 4) is 0 Å². The molecule has 0 bridgehead atoms. The molecular weight excluding hydrogens is 399 g/mol. The molecule has 3 heteroatoms. The predicted octanol–water partition coefficient (Wildman–Crippen LogP) is 5.77. The van der Waals surface area contributed by atoms with Gasteiger partial charge in [0.1, 0.15) is 0 Å². The first-order valence-corrected chi connectivity index (χ1v) is 10.9. The molecule has 0 amide bonds. The van der Waals surface area contributed by atoms with E-state index >= 15 is 0 Å². The summed E-state index contributed by atoms with van der Waals surface area (Å²) in [6.45, 7) is -0.316. The Kier molecular flexibility index (Phi) is 2.89. The van der Waals surface area contributed by atoms with Gasteiger partial charge in [-0.3, -0.25) is 0 Å². The van der Waals surface area contributed by atoms with Crippen molar-refractivity contribution in [2.24, 2.45) is 0 Å². The second kappa shape index (κ2) is 7.14. The van der Waals surface area contributed by atoms with E-state index in [4.69, 9.17) is 8.22 Å². The molecule has 0 N–H and O–H groups in total. The van der Waals surface area contributed by atoms with E-state index in [9.17, 15) is 0 Å². The normalized spacial score (nSPS) is 15.8. The van der Waals surface area contributed by atoms with Crippen molar-refractivity contribution < 1.29 is 8.22 Å². The first kappa shape index (κ1) is 13.3. The minimum Gasteiger partial charge on any atom is -0.311 e. The fourth-order valence-corrected chi connectivity index (χ4v) is 5.09. The van der Waals surface area contributed by atoms with Crippen LogP contribution < -0.4 is 26.2 Å². The van der Waals surface area contributed by atoms with Crippen molar-refractivity contribution in [3.63, 3.8) is 0 Å². The maximum absolute atomic E-state index is 8.94. The Bertz CT molecular complexity index is 1660. The zero-order valence-corrected chi connectivity index (χ0v) is 17.6. The van der Waals surface area contributed by atoms with Crippen LogP contribution in [0, 0.1) is 0 Å². The van der Waals surface area contributed by atoms with E-state index in [-0.39, 0.29) is 43.0 Å². The lowest BCUT2D eigenvalue weighted by atomic mass is 9.33. The molecule has 2 aliphatic heterocycles. The lowest BCUT2D eigenvalue weighted by molar-refractivity contribution is 1.25. The van der Waals surface area contributed by atoms with Crippen LogP contribution in [0.2, 0.25) is 0 Å². The third kappa shape index (κ3) is 2.63. The van der Waals surface area contributed by atoms with Crippen LogP contribution in [0.5, 0.6) is 0 Å². The summed E-state index contributed by atoms with van der Waals surface area (Å²) in [6.07, 6.45) is 0. The van der Waals surface area contributed by atoms with Gasteiger partial charge in [0.25, 0.3) is 6.71 Å². The molecule has 5 aromatic carbocycles. The van der Waals surface area contributed by atoms with Gasteiger partial charge < -0.3 is 9.80 Å². The number of nitrogens with zero attached hydrogens (tertiary/aromatic N) is 2. The highest BCUT2D eigenvalue weighted by Gasteiger charge is 2.42. The van der Waals surface area contributed by atoms with Gasteiger partial charge in [-0.05, 0) is 64.8 Å². The van der Waals surface area contributed by atoms with Crippen LogP contribution in [0.3, 0.4) is 0 Å². The van der Waals surface area contributed by atoms with E-state index in [2.05, 4.69) is 0 Å². The number of hydrogen-bond donors (Lipinski definition) is 0. The SMILES string of the molecule is [2H]c1cccc([2H])c1N1c2cccc3c2B(c2cccc([2H])c21)c1cccc([2H])c1N3c1c([2H])cccc1[2H]. The number of para-hydroxylation sites is 4. The molecular formula is C30H21BN2. The van der Waals surface area contributed by atoms with Gasteiger partial charge in [-0.25, -0.2) is 0 Å². The molecule has 0 fully saturated rings. The van der Waals surface area contributed by atoms with Crippen LogP contribution in [0.1, 0.15) is 8.22 Å². The summed E-state index contributed by atoms with van der Waals surface area (Å²) in [5.41, 5.74) is 6.05. The zero-order valence-electron chi connectivity index (χ0n) is 23.6. The highest BCUT2D eigenvalue weighted by molar-refractivity contribution is 7.00. The second-order valence-electron chi connectivity index (χ2n) is 8.09. The monoisotopic (exact) mass is 426 g/mol. The molecule has 154 valence electrons. The lowest BCUT2D eigenvalue weighted by Gasteiger charge is -2.44. The van der Waals surface area contributed by atoms with E-state index in [1.54, 1.807) is 48.5 Å². The number of fused-ring (bicyclic) bond motifs is 4. The minimum absolute atomic E-state index is 0.180. The minimum atomic E-state index is -0.316. The molecule has 0 aliphatic carbocycles. The van der Waals surface area contributed by atoms with Gasteiger partial charge in [0, 0.05) is 34.1 Å². The molecule has 0 radical (unpaired) electrons. The van der Waals surface area contributed by atoms with E-state index in [0.717, 1.165) is 27.8 Å². The van der Waals surface area contributed by atoms with Gasteiger partial charge in [0.2, 0.25) is 0 Å². The number of rotatable bonds is 2. The summed E-state index contributed by atoms with van der Waals surface area (Å²) in [7, 11) is 0. The number of benzene rings is 5. The molecule has 0 saturated heterocycles. The highest BCUT2D eigenvalue weighted by atomic mass is 15.2. The van der Waals surface area contributed by atoms with Crippen molar-refractivity contribution in [3.05, 3.63) is 127 Å². The fraction of sp³-hybridized carbons (Fsp3) is 0. The van der Waals surface area contributed by atoms with Gasteiger partial charge >= 0.3 is 0 Å². The summed E-state index contributed by atoms with van der Waals surface area (Å²) in [5, 5.41) is 0. The molecule has 0 spiro atoms. The maximum atomic E-state index is 8.94. The standard InChI is InChI=1S/C30H21BN2/c1-3-12-22(13-4-1)32-26-18-9-7-16-24(26)31-25-17-8-10-19-27(25)33(23-14-5-2-6-15-23)29-21-11-20-28(32)30(29)31/h1-21H/i12D,13D,14D,15D,18D,19D. The fourth-order valence-electron chi connectivity index (χ4n) is 5.09. The zero-order chi connectivity index (χ0) is 27.0. The Morgan fingerprint density at radius 3 is 1.39 bits per heavy atom. The largest absolute Gasteiger partial charge is 0.311 e. The Morgan fingerprint density at radius 2 is 0.909 bits per heavy atom. The van der Waals surface area contributed by atoms with E-state index in [1.165, 1.54) is 0 Å². The first-order valence-electron chi connectivity index (χ1n) is 13.9. The molecule has 5 aromatic rings. The van der Waals surface area contributed by atoms with E-state index in [0.29, 0.717) is 22.7 Å². The van der Waals surface area contributed by atoms with Gasteiger partial charge in [-0.15, -0.1) is 0 Å². The second-order valence-corrected chi connectivity index (χ2v) is 8.09. The van der Waals surface area contributed by atoms with Crippen LogP contribution >= 0.6 is 0 Å². The Morgan fingerprint density at radius 1 is 0.455 bits per heavy atom. The average Bonchev–Trinajstić information content (AvgIpc) is 2.91. The third-order valence-corrected chi connectivity index (χ3v) is 6.34. The molecule has 33 heavy (non-hydrogen) atoms. The summed E-state index contributed by atoms with van der Waals surface area (Å²) in [6, 6.07) is 28.1. The molecule has 2 aliphatic rings. The summed E-state index contributed by atoms with van der Waals surface area (Å²) >= 11 is 0. The van der Waals surface area contributed by atoms with E-state index < -0.39 is 0 Å². The molecule has 0 aromatic heterocycles. The highest BCUT2D eigenvalue weighted by Crippen LogP contribution is 2.43. The molecule has 2 heterocycles. The first-order chi connectivity index (χ1) is 18.9. The lowest BCUT2D eigenvalue weighted by Crippen LogP contribution is -2.61. The van der Waals surface area contributed by atoms with Crippen LogP contribution in [-0.4, -0.2) is 6.71 Å². The molecule has 0 atom stereocenters. The summed E-state index contributed by atoms with van der Waals surface area (Å²) < 4.78 is 52.8. The summed E-state index contributed by atoms with van der Waals surface area (Å²) in [5.74, 6) is 0. The Balaban J connectivity index is 1.64. The predicted molar refractivity (Wildman–Crippen MR) is 140 cm³/mol. The summed E-state index contributed by atoms with van der Waals surface area (Å²) in [4.78, 5) is 3.69. The molecule has 7 rings (SSSR count). The smallest absolute Gasteiger partial charge is 0.252 e. The maximum Gasteiger partial charge on any atom is 0.252 e. The van der Waals surface area contributed by atoms with Crippen molar-refractivity contribution in [2.75, 3.05) is 9.80 Å². The van der Waals surface area contributed by atoms with Gasteiger partial charge in [0.05, 0.1) is 8.22 Å². The van der Waals surface area contributed by atoms with Crippen molar-refractivity contribution in [2.45, 2.75) is 0 Å². The quantitative estimate of drug-likeness (QED) is 0.324. The van der Waals surface area contributed by atoms with Crippen LogP contribution in [0.15, 0.2) is 127 Å². The van der Waals surface area contributed by atoms with Crippen LogP contribution in [0.25, 0.3) is 0 Å². The van der Waals surface area contributed by atoms with Crippen LogP contribution in [0.4, 0.5) is 34.1 Å². The Labute approximate surface area is 202 Å². The van der Waals surface area contributed by atoms with Crippen molar-refractivity contribution in [1.82, 2.24) is 0 Å². The molecule has 0 unspecified atom stereocenters. The van der Waals surface area contributed by atoms with Crippen LogP contribution in [-0.2, 0) is 0 Å².